The fraction of sp³-hybridized carbons (Fsp3) is 0.455. The minimum Gasteiger partial charge on any atom is -0.373 e. The lowest BCUT2D eigenvalue weighted by molar-refractivity contribution is -0.132. The number of aromatic nitrogens is 2. The van der Waals surface area contributed by atoms with Gasteiger partial charge in [-0.15, -0.1) is 0 Å². The van der Waals surface area contributed by atoms with Gasteiger partial charge in [-0.1, -0.05) is 18.2 Å². The molecular weight excluding hydrogens is 366 g/mol. The lowest BCUT2D eigenvalue weighted by Crippen LogP contribution is -2.39. The van der Waals surface area contributed by atoms with Crippen LogP contribution in [0.2, 0.25) is 0 Å². The molecule has 0 radical (unpaired) electrons. The summed E-state index contributed by atoms with van der Waals surface area (Å²) in [6, 6.07) is 9.29. The summed E-state index contributed by atoms with van der Waals surface area (Å²) in [5.41, 5.74) is 2.64. The first-order valence-corrected chi connectivity index (χ1v) is 10.3. The van der Waals surface area contributed by atoms with Gasteiger partial charge in [-0.2, -0.15) is 0 Å². The third-order valence-corrected chi connectivity index (χ3v) is 5.83. The zero-order chi connectivity index (χ0) is 20.4. The summed E-state index contributed by atoms with van der Waals surface area (Å²) in [6.07, 6.45) is 3.67. The number of hydrogen-bond donors (Lipinski definition) is 1. The molecule has 3 heterocycles. The van der Waals surface area contributed by atoms with E-state index in [1.807, 2.05) is 47.2 Å². The van der Waals surface area contributed by atoms with Gasteiger partial charge in [0.05, 0.1) is 18.3 Å². The minimum absolute atomic E-state index is 0.0254. The second kappa shape index (κ2) is 8.19. The van der Waals surface area contributed by atoms with E-state index < -0.39 is 0 Å². The van der Waals surface area contributed by atoms with Gasteiger partial charge in [-0.3, -0.25) is 9.59 Å². The monoisotopic (exact) mass is 393 g/mol. The smallest absolute Gasteiger partial charge is 0.254 e. The molecule has 2 aliphatic rings. The van der Waals surface area contributed by atoms with E-state index in [2.05, 4.69) is 5.32 Å². The normalized spacial score (nSPS) is 18.9. The SMILES string of the molecule is CNc1nc(C2CCCCN2C(C)=O)nc2c1CN(C(=O)c1ccccc1)CC2. The number of benzene rings is 1. The van der Waals surface area contributed by atoms with E-state index in [4.69, 9.17) is 9.97 Å². The molecule has 4 rings (SSSR count). The fourth-order valence-electron chi connectivity index (χ4n) is 4.30. The molecule has 0 saturated carbocycles. The van der Waals surface area contributed by atoms with Gasteiger partial charge >= 0.3 is 0 Å². The number of carbonyl (C=O) groups is 2. The molecule has 0 aliphatic carbocycles. The third-order valence-electron chi connectivity index (χ3n) is 5.83. The van der Waals surface area contributed by atoms with Crippen molar-refractivity contribution in [2.45, 2.75) is 45.2 Å². The Hall–Kier alpha value is -2.96. The zero-order valence-electron chi connectivity index (χ0n) is 17.0. The molecule has 1 unspecified atom stereocenters. The highest BCUT2D eigenvalue weighted by Gasteiger charge is 2.31. The average Bonchev–Trinajstić information content (AvgIpc) is 2.78. The third kappa shape index (κ3) is 3.81. The number of anilines is 1. The summed E-state index contributed by atoms with van der Waals surface area (Å²) in [7, 11) is 1.84. The maximum Gasteiger partial charge on any atom is 0.254 e. The Labute approximate surface area is 171 Å². The van der Waals surface area contributed by atoms with Gasteiger partial charge in [0.25, 0.3) is 5.91 Å². The molecular formula is C22H27N5O2. The van der Waals surface area contributed by atoms with E-state index >= 15 is 0 Å². The van der Waals surface area contributed by atoms with Gasteiger partial charge in [0.1, 0.15) is 5.82 Å². The first-order valence-electron chi connectivity index (χ1n) is 10.3. The predicted octanol–water partition coefficient (Wildman–Crippen LogP) is 2.79. The summed E-state index contributed by atoms with van der Waals surface area (Å²) < 4.78 is 0. The van der Waals surface area contributed by atoms with Crippen LogP contribution in [0.25, 0.3) is 0 Å². The number of fused-ring (bicyclic) bond motifs is 1. The first kappa shape index (κ1) is 19.4. The van der Waals surface area contributed by atoms with Crippen LogP contribution in [0.4, 0.5) is 5.82 Å². The standard InChI is InChI=1S/C22H27N5O2/c1-15(28)27-12-7-6-10-19(27)21-24-18-11-13-26(14-17(18)20(23-2)25-21)22(29)16-8-4-3-5-9-16/h3-5,8-9,19H,6-7,10-14H2,1-2H3,(H,23,24,25). The highest BCUT2D eigenvalue weighted by Crippen LogP contribution is 2.32. The number of nitrogens with one attached hydrogen (secondary N) is 1. The number of rotatable bonds is 3. The Morgan fingerprint density at radius 3 is 2.62 bits per heavy atom. The van der Waals surface area contributed by atoms with Crippen LogP contribution in [0.1, 0.15) is 59.7 Å². The minimum atomic E-state index is -0.0670. The van der Waals surface area contributed by atoms with Crippen LogP contribution in [-0.2, 0) is 17.8 Å². The largest absolute Gasteiger partial charge is 0.373 e. The molecule has 7 heteroatoms. The van der Waals surface area contributed by atoms with E-state index in [0.29, 0.717) is 30.9 Å². The number of piperidine rings is 1. The van der Waals surface area contributed by atoms with Crippen molar-refractivity contribution in [3.8, 4) is 0 Å². The molecule has 2 aliphatic heterocycles. The summed E-state index contributed by atoms with van der Waals surface area (Å²) in [4.78, 5) is 38.3. The van der Waals surface area contributed by atoms with Crippen LogP contribution < -0.4 is 5.32 Å². The fourth-order valence-corrected chi connectivity index (χ4v) is 4.30. The quantitative estimate of drug-likeness (QED) is 0.868. The summed E-state index contributed by atoms with van der Waals surface area (Å²) >= 11 is 0. The van der Waals surface area contributed by atoms with Crippen molar-refractivity contribution in [3.05, 3.63) is 53.0 Å². The first-order chi connectivity index (χ1) is 14.1. The Morgan fingerprint density at radius 1 is 1.10 bits per heavy atom. The van der Waals surface area contributed by atoms with Gasteiger partial charge < -0.3 is 15.1 Å². The van der Waals surface area contributed by atoms with Crippen molar-refractivity contribution in [1.82, 2.24) is 19.8 Å². The van der Waals surface area contributed by atoms with Gasteiger partial charge in [-0.25, -0.2) is 9.97 Å². The Kier molecular flexibility index (Phi) is 5.47. The number of nitrogens with zero attached hydrogens (tertiary/aromatic N) is 4. The number of amides is 2. The summed E-state index contributed by atoms with van der Waals surface area (Å²) in [6.45, 7) is 3.49. The van der Waals surface area contributed by atoms with E-state index in [9.17, 15) is 9.59 Å². The van der Waals surface area contributed by atoms with E-state index in [1.54, 1.807) is 6.92 Å². The molecule has 0 spiro atoms. The molecule has 0 bridgehead atoms. The number of carbonyl (C=O) groups excluding carboxylic acids is 2. The van der Waals surface area contributed by atoms with Crippen LogP contribution in [0.15, 0.2) is 30.3 Å². The molecule has 152 valence electrons. The van der Waals surface area contributed by atoms with Crippen LogP contribution >= 0.6 is 0 Å². The lowest BCUT2D eigenvalue weighted by atomic mass is 9.99. The number of hydrogen-bond acceptors (Lipinski definition) is 5. The van der Waals surface area contributed by atoms with Gasteiger partial charge in [0.2, 0.25) is 5.91 Å². The zero-order valence-corrected chi connectivity index (χ0v) is 17.0. The molecule has 7 nitrogen and oxygen atoms in total. The van der Waals surface area contributed by atoms with Crippen molar-refractivity contribution in [2.75, 3.05) is 25.5 Å². The van der Waals surface area contributed by atoms with Gasteiger partial charge in [0, 0.05) is 44.6 Å². The van der Waals surface area contributed by atoms with Crippen LogP contribution in [0.5, 0.6) is 0 Å². The molecule has 1 saturated heterocycles. The maximum absolute atomic E-state index is 12.9. The van der Waals surface area contributed by atoms with Gasteiger partial charge in [-0.05, 0) is 31.4 Å². The van der Waals surface area contributed by atoms with Crippen molar-refractivity contribution in [2.24, 2.45) is 0 Å². The summed E-state index contributed by atoms with van der Waals surface area (Å²) in [5.74, 6) is 1.56. The molecule has 1 atom stereocenters. The Balaban J connectivity index is 1.62. The van der Waals surface area contributed by atoms with Crippen molar-refractivity contribution >= 4 is 17.6 Å². The molecule has 1 aromatic carbocycles. The van der Waals surface area contributed by atoms with Crippen molar-refractivity contribution in [3.63, 3.8) is 0 Å². The van der Waals surface area contributed by atoms with E-state index in [-0.39, 0.29) is 17.9 Å². The van der Waals surface area contributed by atoms with Crippen molar-refractivity contribution in [1.29, 1.82) is 0 Å². The summed E-state index contributed by atoms with van der Waals surface area (Å²) in [5, 5.41) is 3.19. The highest BCUT2D eigenvalue weighted by molar-refractivity contribution is 5.94. The second-order valence-corrected chi connectivity index (χ2v) is 7.67. The molecule has 2 amide bonds. The Bertz CT molecular complexity index is 898. The number of likely N-dealkylation sites (tertiary alicyclic amines) is 1. The Morgan fingerprint density at radius 2 is 1.90 bits per heavy atom. The average molecular weight is 393 g/mol. The van der Waals surface area contributed by atoms with Crippen LogP contribution in [0, 0.1) is 0 Å². The van der Waals surface area contributed by atoms with E-state index in [0.717, 1.165) is 42.9 Å². The molecule has 1 aromatic heterocycles. The molecule has 1 fully saturated rings. The van der Waals surface area contributed by atoms with E-state index in [1.165, 1.54) is 0 Å². The van der Waals surface area contributed by atoms with Crippen LogP contribution in [0.3, 0.4) is 0 Å². The second-order valence-electron chi connectivity index (χ2n) is 7.67. The van der Waals surface area contributed by atoms with Gasteiger partial charge in [0.15, 0.2) is 5.82 Å². The topological polar surface area (TPSA) is 78.4 Å². The lowest BCUT2D eigenvalue weighted by Gasteiger charge is -2.35. The van der Waals surface area contributed by atoms with Crippen LogP contribution in [-0.4, -0.2) is 51.7 Å². The molecule has 2 aromatic rings. The molecule has 29 heavy (non-hydrogen) atoms. The predicted molar refractivity (Wildman–Crippen MR) is 110 cm³/mol. The maximum atomic E-state index is 12.9. The molecule has 1 N–H and O–H groups in total. The highest BCUT2D eigenvalue weighted by atomic mass is 16.2. The van der Waals surface area contributed by atoms with Crippen molar-refractivity contribution < 1.29 is 9.59 Å².